The summed E-state index contributed by atoms with van der Waals surface area (Å²) >= 11 is 0. The van der Waals surface area contributed by atoms with Crippen molar-refractivity contribution in [2.24, 2.45) is 11.8 Å². The van der Waals surface area contributed by atoms with Gasteiger partial charge in [-0.05, 0) is 30.2 Å². The number of fused-ring (bicyclic) bond motifs is 1. The molecule has 3 rings (SSSR count). The lowest BCUT2D eigenvalue weighted by Gasteiger charge is -2.17. The smallest absolute Gasteiger partial charge is 0.225 e. The fraction of sp³-hybridized carbons (Fsp3) is 0.667. The average molecular weight is 203 g/mol. The van der Waals surface area contributed by atoms with Crippen molar-refractivity contribution in [1.82, 2.24) is 9.97 Å². The number of hydrogen-bond acceptors (Lipinski definition) is 3. The highest BCUT2D eigenvalue weighted by atomic mass is 15.3. The van der Waals surface area contributed by atoms with Gasteiger partial charge in [-0.2, -0.15) is 0 Å². The first-order valence-corrected chi connectivity index (χ1v) is 5.92. The van der Waals surface area contributed by atoms with Gasteiger partial charge in [-0.15, -0.1) is 0 Å². The second-order valence-corrected chi connectivity index (χ2v) is 4.80. The predicted octanol–water partition coefficient (Wildman–Crippen LogP) is 1.89. The molecule has 1 aromatic heterocycles. The first kappa shape index (κ1) is 9.13. The minimum atomic E-state index is 0.932. The third-order valence-electron chi connectivity index (χ3n) is 3.49. The van der Waals surface area contributed by atoms with Crippen LogP contribution in [0.4, 0.5) is 5.95 Å². The third-order valence-corrected chi connectivity index (χ3v) is 3.49. The van der Waals surface area contributed by atoms with Gasteiger partial charge in [0.1, 0.15) is 0 Å². The molecule has 1 aliphatic heterocycles. The second kappa shape index (κ2) is 3.47. The summed E-state index contributed by atoms with van der Waals surface area (Å²) in [5.74, 6) is 2.83. The summed E-state index contributed by atoms with van der Waals surface area (Å²) in [6.45, 7) is 4.54. The Morgan fingerprint density at radius 1 is 1.27 bits per heavy atom. The van der Waals surface area contributed by atoms with Crippen molar-refractivity contribution >= 4 is 5.95 Å². The van der Waals surface area contributed by atoms with Crippen LogP contribution in [-0.4, -0.2) is 23.1 Å². The van der Waals surface area contributed by atoms with Gasteiger partial charge >= 0.3 is 0 Å². The predicted molar refractivity (Wildman–Crippen MR) is 59.8 cm³/mol. The zero-order chi connectivity index (χ0) is 10.3. The molecule has 0 bridgehead atoms. The van der Waals surface area contributed by atoms with E-state index >= 15 is 0 Å². The standard InChI is InChI=1S/C12H17N3/c1-2-3-9-5-13-12(14-6-9)15-7-10-4-11(10)8-15/h5-6,10-11H,2-4,7-8H2,1H3. The van der Waals surface area contributed by atoms with Gasteiger partial charge in [0.25, 0.3) is 0 Å². The van der Waals surface area contributed by atoms with Gasteiger partial charge in [-0.25, -0.2) is 9.97 Å². The maximum atomic E-state index is 4.45. The Morgan fingerprint density at radius 2 is 1.93 bits per heavy atom. The van der Waals surface area contributed by atoms with E-state index in [1.54, 1.807) is 0 Å². The number of anilines is 1. The molecule has 1 aliphatic carbocycles. The van der Waals surface area contributed by atoms with Gasteiger partial charge < -0.3 is 4.90 Å². The van der Waals surface area contributed by atoms with Crippen LogP contribution in [0.3, 0.4) is 0 Å². The normalized spacial score (nSPS) is 27.9. The minimum Gasteiger partial charge on any atom is -0.340 e. The molecule has 1 saturated heterocycles. The first-order chi connectivity index (χ1) is 7.36. The number of aryl methyl sites for hydroxylation is 1. The summed E-state index contributed by atoms with van der Waals surface area (Å²) in [6, 6.07) is 0. The fourth-order valence-electron chi connectivity index (χ4n) is 2.49. The van der Waals surface area contributed by atoms with Crippen LogP contribution in [0.5, 0.6) is 0 Å². The summed E-state index contributed by atoms with van der Waals surface area (Å²) < 4.78 is 0. The van der Waals surface area contributed by atoms with Crippen molar-refractivity contribution in [3.63, 3.8) is 0 Å². The topological polar surface area (TPSA) is 29.0 Å². The van der Waals surface area contributed by atoms with E-state index in [1.807, 2.05) is 12.4 Å². The van der Waals surface area contributed by atoms with Gasteiger partial charge in [0.15, 0.2) is 0 Å². The quantitative estimate of drug-likeness (QED) is 0.751. The summed E-state index contributed by atoms with van der Waals surface area (Å²) in [7, 11) is 0. The second-order valence-electron chi connectivity index (χ2n) is 4.80. The van der Waals surface area contributed by atoms with E-state index in [0.29, 0.717) is 0 Å². The van der Waals surface area contributed by atoms with Crippen molar-refractivity contribution in [3.8, 4) is 0 Å². The fourth-order valence-corrected chi connectivity index (χ4v) is 2.49. The molecule has 80 valence electrons. The lowest BCUT2D eigenvalue weighted by Crippen LogP contribution is -2.23. The van der Waals surface area contributed by atoms with Crippen molar-refractivity contribution in [3.05, 3.63) is 18.0 Å². The average Bonchev–Trinajstić information content (AvgIpc) is 2.87. The summed E-state index contributed by atoms with van der Waals surface area (Å²) in [5.41, 5.74) is 1.26. The molecule has 0 N–H and O–H groups in total. The molecule has 0 radical (unpaired) electrons. The van der Waals surface area contributed by atoms with Crippen molar-refractivity contribution in [2.45, 2.75) is 26.2 Å². The zero-order valence-electron chi connectivity index (χ0n) is 9.19. The Bertz CT molecular complexity index is 336. The number of nitrogens with zero attached hydrogens (tertiary/aromatic N) is 3. The largest absolute Gasteiger partial charge is 0.340 e. The summed E-state index contributed by atoms with van der Waals surface area (Å²) in [4.78, 5) is 11.2. The van der Waals surface area contributed by atoms with Crippen LogP contribution in [0.25, 0.3) is 0 Å². The van der Waals surface area contributed by atoms with E-state index in [-0.39, 0.29) is 0 Å². The lowest BCUT2D eigenvalue weighted by molar-refractivity contribution is 0.782. The summed E-state index contributed by atoms with van der Waals surface area (Å²) in [6.07, 6.45) is 7.65. The third kappa shape index (κ3) is 1.71. The molecule has 2 heterocycles. The van der Waals surface area contributed by atoms with E-state index in [0.717, 1.165) is 30.6 Å². The van der Waals surface area contributed by atoms with E-state index in [2.05, 4.69) is 21.8 Å². The van der Waals surface area contributed by atoms with Gasteiger partial charge in [-0.3, -0.25) is 0 Å². The molecular weight excluding hydrogens is 186 g/mol. The van der Waals surface area contributed by atoms with Crippen LogP contribution in [0.15, 0.2) is 12.4 Å². The Labute approximate surface area is 90.5 Å². The molecule has 1 saturated carbocycles. The molecule has 2 aliphatic rings. The molecular formula is C12H17N3. The maximum Gasteiger partial charge on any atom is 0.225 e. The molecule has 0 aromatic carbocycles. The molecule has 3 heteroatoms. The van der Waals surface area contributed by atoms with E-state index in [4.69, 9.17) is 0 Å². The Morgan fingerprint density at radius 3 is 2.53 bits per heavy atom. The van der Waals surface area contributed by atoms with Crippen LogP contribution < -0.4 is 4.90 Å². The SMILES string of the molecule is CCCc1cnc(N2CC3CC3C2)nc1. The van der Waals surface area contributed by atoms with Gasteiger partial charge in [0.2, 0.25) is 5.95 Å². The highest BCUT2D eigenvalue weighted by Crippen LogP contribution is 2.45. The van der Waals surface area contributed by atoms with Crippen molar-refractivity contribution in [2.75, 3.05) is 18.0 Å². The number of piperidine rings is 1. The Hall–Kier alpha value is -1.12. The van der Waals surface area contributed by atoms with Gasteiger partial charge in [0, 0.05) is 25.5 Å². The van der Waals surface area contributed by atoms with Crippen LogP contribution >= 0.6 is 0 Å². The molecule has 0 amide bonds. The Kier molecular flexibility index (Phi) is 2.11. The van der Waals surface area contributed by atoms with Crippen LogP contribution in [0.2, 0.25) is 0 Å². The maximum absolute atomic E-state index is 4.45. The van der Waals surface area contributed by atoms with E-state index in [1.165, 1.54) is 25.1 Å². The molecule has 1 aromatic rings. The monoisotopic (exact) mass is 203 g/mol. The van der Waals surface area contributed by atoms with Crippen molar-refractivity contribution < 1.29 is 0 Å². The van der Waals surface area contributed by atoms with Gasteiger partial charge in [-0.1, -0.05) is 13.3 Å². The molecule has 0 spiro atoms. The van der Waals surface area contributed by atoms with Gasteiger partial charge in [0.05, 0.1) is 0 Å². The molecule has 15 heavy (non-hydrogen) atoms. The van der Waals surface area contributed by atoms with E-state index < -0.39 is 0 Å². The minimum absolute atomic E-state index is 0.932. The van der Waals surface area contributed by atoms with E-state index in [9.17, 15) is 0 Å². The first-order valence-electron chi connectivity index (χ1n) is 5.92. The van der Waals surface area contributed by atoms with Crippen molar-refractivity contribution in [1.29, 1.82) is 0 Å². The molecule has 2 fully saturated rings. The van der Waals surface area contributed by atoms with Crippen LogP contribution in [0.1, 0.15) is 25.3 Å². The number of rotatable bonds is 3. The zero-order valence-corrected chi connectivity index (χ0v) is 9.19. The summed E-state index contributed by atoms with van der Waals surface area (Å²) in [5, 5.41) is 0. The Balaban J connectivity index is 1.70. The van der Waals surface area contributed by atoms with Crippen LogP contribution in [-0.2, 0) is 6.42 Å². The highest BCUT2D eigenvalue weighted by molar-refractivity contribution is 5.34. The highest BCUT2D eigenvalue weighted by Gasteiger charge is 2.45. The number of aromatic nitrogens is 2. The molecule has 2 atom stereocenters. The lowest BCUT2D eigenvalue weighted by atomic mass is 10.2. The molecule has 2 unspecified atom stereocenters. The molecule has 3 nitrogen and oxygen atoms in total. The van der Waals surface area contributed by atoms with Crippen LogP contribution in [0, 0.1) is 11.8 Å². The number of hydrogen-bond donors (Lipinski definition) is 0.